The fraction of sp³-hybridized carbons (Fsp3) is 0.417. The minimum atomic E-state index is 0.0741. The van der Waals surface area contributed by atoms with Gasteiger partial charge in [0, 0.05) is 10.5 Å². The number of aromatic nitrogens is 4. The molecule has 0 radical (unpaired) electrons. The zero-order chi connectivity index (χ0) is 13.8. The highest BCUT2D eigenvalue weighted by molar-refractivity contribution is 9.10. The Hall–Kier alpha value is -1.47. The first-order chi connectivity index (χ1) is 9.15. The summed E-state index contributed by atoms with van der Waals surface area (Å²) in [5.41, 5.74) is 0.857. The van der Waals surface area contributed by atoms with Gasteiger partial charge in [0.1, 0.15) is 5.75 Å². The van der Waals surface area contributed by atoms with Crippen molar-refractivity contribution in [1.82, 2.24) is 25.5 Å². The minimum absolute atomic E-state index is 0.0741. The predicted octanol–water partition coefficient (Wildman–Crippen LogP) is 2.10. The lowest BCUT2D eigenvalue weighted by molar-refractivity contribution is 0.414. The Bertz CT molecular complexity index is 557. The van der Waals surface area contributed by atoms with E-state index in [0.717, 1.165) is 28.3 Å². The summed E-state index contributed by atoms with van der Waals surface area (Å²) < 4.78 is 7.88. The van der Waals surface area contributed by atoms with Gasteiger partial charge in [0.25, 0.3) is 0 Å². The number of hydrogen-bond donors (Lipinski definition) is 1. The molecule has 1 atom stereocenters. The minimum Gasteiger partial charge on any atom is -0.497 e. The molecule has 102 valence electrons. The van der Waals surface area contributed by atoms with E-state index < -0.39 is 0 Å². The number of ether oxygens (including phenoxy) is 1. The average molecular weight is 326 g/mol. The molecule has 0 amide bonds. The molecule has 7 heteroatoms. The first-order valence-electron chi connectivity index (χ1n) is 6.02. The van der Waals surface area contributed by atoms with Gasteiger partial charge in [-0.1, -0.05) is 22.9 Å². The van der Waals surface area contributed by atoms with E-state index in [1.807, 2.05) is 32.0 Å². The van der Waals surface area contributed by atoms with Crippen LogP contribution < -0.4 is 10.1 Å². The Balaban J connectivity index is 2.42. The van der Waals surface area contributed by atoms with Crippen molar-refractivity contribution in [1.29, 1.82) is 0 Å². The SMILES string of the molecule is CCNC(C)c1nnnn1-c1cc(Br)cc(OC)c1. The number of nitrogens with zero attached hydrogens (tertiary/aromatic N) is 4. The van der Waals surface area contributed by atoms with Gasteiger partial charge in [0.15, 0.2) is 5.82 Å². The molecular formula is C12H16BrN5O. The van der Waals surface area contributed by atoms with Gasteiger partial charge in [-0.05, 0) is 36.0 Å². The zero-order valence-corrected chi connectivity index (χ0v) is 12.7. The second kappa shape index (κ2) is 6.12. The molecular weight excluding hydrogens is 310 g/mol. The Morgan fingerprint density at radius 2 is 2.21 bits per heavy atom. The van der Waals surface area contributed by atoms with Crippen LogP contribution in [0.1, 0.15) is 25.7 Å². The zero-order valence-electron chi connectivity index (χ0n) is 11.1. The van der Waals surface area contributed by atoms with E-state index in [4.69, 9.17) is 4.74 Å². The number of hydrogen-bond acceptors (Lipinski definition) is 5. The van der Waals surface area contributed by atoms with Crippen LogP contribution in [0.25, 0.3) is 5.69 Å². The van der Waals surface area contributed by atoms with Gasteiger partial charge in [0.05, 0.1) is 18.8 Å². The topological polar surface area (TPSA) is 64.9 Å². The summed E-state index contributed by atoms with van der Waals surface area (Å²) >= 11 is 3.45. The van der Waals surface area contributed by atoms with E-state index in [1.54, 1.807) is 11.8 Å². The first-order valence-corrected chi connectivity index (χ1v) is 6.81. The molecule has 19 heavy (non-hydrogen) atoms. The summed E-state index contributed by atoms with van der Waals surface area (Å²) in [6, 6.07) is 5.80. The van der Waals surface area contributed by atoms with Crippen LogP contribution in [-0.4, -0.2) is 33.9 Å². The Kier molecular flexibility index (Phi) is 4.49. The molecule has 2 aromatic rings. The normalized spacial score (nSPS) is 12.4. The number of benzene rings is 1. The van der Waals surface area contributed by atoms with Crippen molar-refractivity contribution in [2.24, 2.45) is 0 Å². The van der Waals surface area contributed by atoms with Gasteiger partial charge in [0.2, 0.25) is 0 Å². The van der Waals surface area contributed by atoms with Crippen LogP contribution in [0.3, 0.4) is 0 Å². The third-order valence-corrected chi connectivity index (χ3v) is 3.19. The molecule has 1 unspecified atom stereocenters. The highest BCUT2D eigenvalue weighted by Crippen LogP contribution is 2.24. The molecule has 0 aliphatic rings. The average Bonchev–Trinajstić information content (AvgIpc) is 2.87. The molecule has 1 aromatic carbocycles. The number of halogens is 1. The highest BCUT2D eigenvalue weighted by atomic mass is 79.9. The summed E-state index contributed by atoms with van der Waals surface area (Å²) in [7, 11) is 1.63. The number of methoxy groups -OCH3 is 1. The van der Waals surface area contributed by atoms with Crippen molar-refractivity contribution in [3.05, 3.63) is 28.5 Å². The summed E-state index contributed by atoms with van der Waals surface area (Å²) in [6.07, 6.45) is 0. The van der Waals surface area contributed by atoms with Crippen LogP contribution in [-0.2, 0) is 0 Å². The molecule has 1 heterocycles. The van der Waals surface area contributed by atoms with Gasteiger partial charge in [-0.2, -0.15) is 4.68 Å². The third kappa shape index (κ3) is 3.10. The molecule has 0 aliphatic carbocycles. The standard InChI is InChI=1S/C12H16BrN5O/c1-4-14-8(2)12-15-16-17-18(12)10-5-9(13)6-11(7-10)19-3/h5-8,14H,4H2,1-3H3. The summed E-state index contributed by atoms with van der Waals surface area (Å²) in [6.45, 7) is 4.93. The maximum atomic E-state index is 5.25. The van der Waals surface area contributed by atoms with Crippen LogP contribution in [0, 0.1) is 0 Å². The molecule has 0 fully saturated rings. The van der Waals surface area contributed by atoms with Crippen LogP contribution in [0.5, 0.6) is 5.75 Å². The quantitative estimate of drug-likeness (QED) is 0.912. The molecule has 0 spiro atoms. The first kappa shape index (κ1) is 14.0. The highest BCUT2D eigenvalue weighted by Gasteiger charge is 2.15. The summed E-state index contributed by atoms with van der Waals surface area (Å²) in [4.78, 5) is 0. The van der Waals surface area contributed by atoms with E-state index in [1.165, 1.54) is 0 Å². The predicted molar refractivity (Wildman–Crippen MR) is 75.5 cm³/mol. The molecule has 0 aliphatic heterocycles. The second-order valence-corrected chi connectivity index (χ2v) is 4.99. The smallest absolute Gasteiger partial charge is 0.173 e. The van der Waals surface area contributed by atoms with Crippen molar-refractivity contribution < 1.29 is 4.74 Å². The number of rotatable bonds is 5. The number of tetrazole rings is 1. The second-order valence-electron chi connectivity index (χ2n) is 4.08. The van der Waals surface area contributed by atoms with E-state index in [9.17, 15) is 0 Å². The van der Waals surface area contributed by atoms with Crippen molar-refractivity contribution in [3.8, 4) is 11.4 Å². The lowest BCUT2D eigenvalue weighted by atomic mass is 10.2. The van der Waals surface area contributed by atoms with Crippen LogP contribution in [0.2, 0.25) is 0 Å². The van der Waals surface area contributed by atoms with Gasteiger partial charge < -0.3 is 10.1 Å². The molecule has 1 aromatic heterocycles. The summed E-state index contributed by atoms with van der Waals surface area (Å²) in [5.74, 6) is 1.52. The van der Waals surface area contributed by atoms with Crippen molar-refractivity contribution in [3.63, 3.8) is 0 Å². The van der Waals surface area contributed by atoms with Crippen molar-refractivity contribution in [2.45, 2.75) is 19.9 Å². The van der Waals surface area contributed by atoms with Crippen molar-refractivity contribution >= 4 is 15.9 Å². The van der Waals surface area contributed by atoms with E-state index in [2.05, 4.69) is 36.8 Å². The maximum Gasteiger partial charge on any atom is 0.173 e. The van der Waals surface area contributed by atoms with Gasteiger partial charge >= 0.3 is 0 Å². The lowest BCUT2D eigenvalue weighted by Crippen LogP contribution is -2.21. The lowest BCUT2D eigenvalue weighted by Gasteiger charge is -2.12. The van der Waals surface area contributed by atoms with Crippen LogP contribution >= 0.6 is 15.9 Å². The molecule has 0 saturated heterocycles. The van der Waals surface area contributed by atoms with Crippen LogP contribution in [0.15, 0.2) is 22.7 Å². The number of nitrogens with one attached hydrogen (secondary N) is 1. The monoisotopic (exact) mass is 325 g/mol. The van der Waals surface area contributed by atoms with Gasteiger partial charge in [-0.25, -0.2) is 0 Å². The van der Waals surface area contributed by atoms with E-state index in [0.29, 0.717) is 0 Å². The van der Waals surface area contributed by atoms with E-state index in [-0.39, 0.29) is 6.04 Å². The van der Waals surface area contributed by atoms with Crippen molar-refractivity contribution in [2.75, 3.05) is 13.7 Å². The van der Waals surface area contributed by atoms with Crippen LogP contribution in [0.4, 0.5) is 0 Å². The Morgan fingerprint density at radius 3 is 2.89 bits per heavy atom. The van der Waals surface area contributed by atoms with Gasteiger partial charge in [-0.3, -0.25) is 0 Å². The van der Waals surface area contributed by atoms with E-state index >= 15 is 0 Å². The molecule has 1 N–H and O–H groups in total. The third-order valence-electron chi connectivity index (χ3n) is 2.73. The molecule has 0 bridgehead atoms. The molecule has 0 saturated carbocycles. The molecule has 2 rings (SSSR count). The summed E-state index contributed by atoms with van der Waals surface area (Å²) in [5, 5.41) is 15.2. The fourth-order valence-electron chi connectivity index (χ4n) is 1.83. The van der Waals surface area contributed by atoms with Gasteiger partial charge in [-0.15, -0.1) is 5.10 Å². The Morgan fingerprint density at radius 1 is 1.42 bits per heavy atom. The molecule has 6 nitrogen and oxygen atoms in total. The Labute approximate surface area is 120 Å². The maximum absolute atomic E-state index is 5.25. The largest absolute Gasteiger partial charge is 0.497 e. The fourth-order valence-corrected chi connectivity index (χ4v) is 2.29.